The van der Waals surface area contributed by atoms with E-state index in [1.807, 2.05) is 12.1 Å². The molecule has 0 spiro atoms. The number of halogens is 1. The number of phenolic OH excluding ortho intramolecular Hbond substituents is 1. The van der Waals surface area contributed by atoms with Gasteiger partial charge in [-0.25, -0.2) is 5.43 Å². The van der Waals surface area contributed by atoms with Crippen LogP contribution in [-0.2, 0) is 6.54 Å². The van der Waals surface area contributed by atoms with Gasteiger partial charge in [0.05, 0.1) is 11.2 Å². The molecule has 0 saturated carbocycles. The van der Waals surface area contributed by atoms with E-state index < -0.39 is 5.91 Å². The second-order valence-electron chi connectivity index (χ2n) is 8.02. The van der Waals surface area contributed by atoms with Crippen molar-refractivity contribution in [1.82, 2.24) is 9.99 Å². The van der Waals surface area contributed by atoms with Gasteiger partial charge >= 0.3 is 0 Å². The number of carbonyl (C=O) groups excluding carboxylic acids is 1. The zero-order valence-corrected chi connectivity index (χ0v) is 18.7. The fraction of sp³-hybridized carbons (Fsp3) is 0.154. The van der Waals surface area contributed by atoms with E-state index in [0.29, 0.717) is 11.5 Å². The highest BCUT2D eigenvalue weighted by atomic mass is 35.5. The Kier molecular flexibility index (Phi) is 6.28. The zero-order chi connectivity index (χ0) is 22.7. The van der Waals surface area contributed by atoms with Crippen LogP contribution >= 0.6 is 11.6 Å². The fourth-order valence-electron chi connectivity index (χ4n) is 3.52. The minimum atomic E-state index is -0.404. The highest BCUT2D eigenvalue weighted by molar-refractivity contribution is 6.32. The Bertz CT molecular complexity index is 1290. The van der Waals surface area contributed by atoms with Crippen LogP contribution in [0.15, 0.2) is 78.0 Å². The number of hydrogen-bond donors (Lipinski definition) is 2. The van der Waals surface area contributed by atoms with Crippen molar-refractivity contribution in [1.29, 1.82) is 0 Å². The first-order chi connectivity index (χ1) is 15.4. The number of aromatic hydroxyl groups is 1. The van der Waals surface area contributed by atoms with Gasteiger partial charge in [-0.2, -0.15) is 5.10 Å². The largest absolute Gasteiger partial charge is 0.506 e. The molecule has 2 N–H and O–H groups in total. The van der Waals surface area contributed by atoms with Crippen LogP contribution in [0.4, 0.5) is 0 Å². The highest BCUT2D eigenvalue weighted by Gasteiger charge is 2.08. The molecule has 0 bridgehead atoms. The Hall–Kier alpha value is -3.57. The van der Waals surface area contributed by atoms with Crippen LogP contribution in [-0.4, -0.2) is 21.8 Å². The van der Waals surface area contributed by atoms with E-state index in [-0.39, 0.29) is 10.8 Å². The van der Waals surface area contributed by atoms with Crippen LogP contribution in [0.1, 0.15) is 46.8 Å². The number of phenols is 1. The van der Waals surface area contributed by atoms with E-state index in [0.717, 1.165) is 23.0 Å². The first-order valence-electron chi connectivity index (χ1n) is 10.4. The highest BCUT2D eigenvalue weighted by Crippen LogP contribution is 2.23. The minimum Gasteiger partial charge on any atom is -0.506 e. The number of carbonyl (C=O) groups is 1. The van der Waals surface area contributed by atoms with Crippen molar-refractivity contribution < 1.29 is 9.90 Å². The fourth-order valence-corrected chi connectivity index (χ4v) is 3.70. The summed E-state index contributed by atoms with van der Waals surface area (Å²) in [4.78, 5) is 12.2. The van der Waals surface area contributed by atoms with Gasteiger partial charge in [0.1, 0.15) is 5.75 Å². The number of benzene rings is 3. The van der Waals surface area contributed by atoms with Gasteiger partial charge in [0.15, 0.2) is 0 Å². The first-order valence-corrected chi connectivity index (χ1v) is 10.8. The Labute approximate surface area is 192 Å². The van der Waals surface area contributed by atoms with Crippen LogP contribution in [0.2, 0.25) is 5.02 Å². The second kappa shape index (κ2) is 9.28. The molecule has 6 heteroatoms. The van der Waals surface area contributed by atoms with Gasteiger partial charge < -0.3 is 9.67 Å². The summed E-state index contributed by atoms with van der Waals surface area (Å²) in [5, 5.41) is 14.7. The smallest absolute Gasteiger partial charge is 0.271 e. The molecule has 0 aliphatic rings. The molecule has 4 aromatic rings. The van der Waals surface area contributed by atoms with Crippen LogP contribution in [0.25, 0.3) is 10.9 Å². The lowest BCUT2D eigenvalue weighted by molar-refractivity contribution is 0.0955. The monoisotopic (exact) mass is 445 g/mol. The Balaban J connectivity index is 1.44. The number of fused-ring (bicyclic) bond motifs is 1. The van der Waals surface area contributed by atoms with E-state index in [4.69, 9.17) is 11.6 Å². The topological polar surface area (TPSA) is 66.6 Å². The molecule has 0 atom stereocenters. The molecular formula is C26H24ClN3O2. The molecule has 0 radical (unpaired) electrons. The van der Waals surface area contributed by atoms with Gasteiger partial charge in [0.2, 0.25) is 0 Å². The van der Waals surface area contributed by atoms with Gasteiger partial charge in [-0.1, -0.05) is 55.8 Å². The maximum atomic E-state index is 12.2. The molecule has 32 heavy (non-hydrogen) atoms. The van der Waals surface area contributed by atoms with Crippen molar-refractivity contribution >= 4 is 34.6 Å². The first kappa shape index (κ1) is 21.7. The molecule has 0 saturated heterocycles. The summed E-state index contributed by atoms with van der Waals surface area (Å²) >= 11 is 5.85. The predicted octanol–water partition coefficient (Wildman–Crippen LogP) is 5.94. The van der Waals surface area contributed by atoms with Crippen LogP contribution in [0.3, 0.4) is 0 Å². The van der Waals surface area contributed by atoms with E-state index in [9.17, 15) is 9.90 Å². The quantitative estimate of drug-likeness (QED) is 0.285. The Morgan fingerprint density at radius 2 is 1.88 bits per heavy atom. The van der Waals surface area contributed by atoms with Gasteiger partial charge in [0, 0.05) is 29.2 Å². The number of nitrogens with one attached hydrogen (secondary N) is 1. The average molecular weight is 446 g/mol. The predicted molar refractivity (Wildman–Crippen MR) is 130 cm³/mol. The number of nitrogens with zero attached hydrogens (tertiary/aromatic N) is 2. The third-order valence-electron chi connectivity index (χ3n) is 5.38. The van der Waals surface area contributed by atoms with Crippen molar-refractivity contribution in [2.75, 3.05) is 0 Å². The minimum absolute atomic E-state index is 0.0699. The maximum Gasteiger partial charge on any atom is 0.271 e. The normalized spacial score (nSPS) is 11.5. The van der Waals surface area contributed by atoms with E-state index >= 15 is 0 Å². The molecule has 162 valence electrons. The average Bonchev–Trinajstić information content (AvgIpc) is 3.18. The molecule has 0 fully saturated rings. The standard InChI is InChI=1S/C26H24ClN3O2/c1-17(2)20-6-3-18(4-7-20)16-30-12-11-21-13-19(5-9-24(21)30)15-28-29-26(32)22-8-10-25(31)23(27)14-22/h3-15,17,31H,16H2,1-2H3,(H,29,32). The Morgan fingerprint density at radius 1 is 1.09 bits per heavy atom. The molecule has 0 aliphatic carbocycles. The van der Waals surface area contributed by atoms with E-state index in [1.165, 1.54) is 29.3 Å². The summed E-state index contributed by atoms with van der Waals surface area (Å²) in [6, 6.07) is 21.1. The lowest BCUT2D eigenvalue weighted by Crippen LogP contribution is -2.17. The SMILES string of the molecule is CC(C)c1ccc(Cn2ccc3cc(C=NNC(=O)c4ccc(O)c(Cl)c4)ccc32)cc1. The van der Waals surface area contributed by atoms with E-state index in [1.54, 1.807) is 6.21 Å². The molecule has 1 amide bonds. The number of hydrazone groups is 1. The molecule has 0 aliphatic heterocycles. The summed E-state index contributed by atoms with van der Waals surface area (Å²) in [6.07, 6.45) is 3.68. The van der Waals surface area contributed by atoms with Crippen molar-refractivity contribution in [3.63, 3.8) is 0 Å². The summed E-state index contributed by atoms with van der Waals surface area (Å²) in [6.45, 7) is 5.20. The number of aromatic nitrogens is 1. The van der Waals surface area contributed by atoms with Gasteiger partial charge in [-0.05, 0) is 59.0 Å². The molecule has 4 rings (SSSR count). The van der Waals surface area contributed by atoms with Gasteiger partial charge in [0.25, 0.3) is 5.91 Å². The number of amides is 1. The van der Waals surface area contributed by atoms with Crippen molar-refractivity contribution in [2.45, 2.75) is 26.3 Å². The van der Waals surface area contributed by atoms with Crippen molar-refractivity contribution in [2.24, 2.45) is 5.10 Å². The van der Waals surface area contributed by atoms with E-state index in [2.05, 4.69) is 71.5 Å². The molecule has 1 heterocycles. The lowest BCUT2D eigenvalue weighted by Gasteiger charge is -2.09. The van der Waals surface area contributed by atoms with Crippen LogP contribution in [0.5, 0.6) is 5.75 Å². The summed E-state index contributed by atoms with van der Waals surface area (Å²) < 4.78 is 2.22. The molecule has 0 unspecified atom stereocenters. The van der Waals surface area contributed by atoms with Crippen LogP contribution < -0.4 is 5.43 Å². The molecular weight excluding hydrogens is 422 g/mol. The lowest BCUT2D eigenvalue weighted by atomic mass is 10.0. The summed E-state index contributed by atoms with van der Waals surface area (Å²) in [5.41, 5.74) is 7.41. The Morgan fingerprint density at radius 3 is 2.59 bits per heavy atom. The summed E-state index contributed by atoms with van der Waals surface area (Å²) in [5.74, 6) is 0.0543. The maximum absolute atomic E-state index is 12.2. The van der Waals surface area contributed by atoms with Crippen molar-refractivity contribution in [3.05, 3.63) is 100 Å². The zero-order valence-electron chi connectivity index (χ0n) is 17.9. The number of hydrogen-bond acceptors (Lipinski definition) is 3. The summed E-state index contributed by atoms with van der Waals surface area (Å²) in [7, 11) is 0. The van der Waals surface area contributed by atoms with Crippen molar-refractivity contribution in [3.8, 4) is 5.75 Å². The third kappa shape index (κ3) is 4.84. The number of rotatable bonds is 6. The molecule has 1 aromatic heterocycles. The molecule has 5 nitrogen and oxygen atoms in total. The van der Waals surface area contributed by atoms with Gasteiger partial charge in [-0.3, -0.25) is 4.79 Å². The second-order valence-corrected chi connectivity index (χ2v) is 8.43. The van der Waals surface area contributed by atoms with Crippen LogP contribution in [0, 0.1) is 0 Å². The van der Waals surface area contributed by atoms with Gasteiger partial charge in [-0.15, -0.1) is 0 Å². The molecule has 3 aromatic carbocycles. The third-order valence-corrected chi connectivity index (χ3v) is 5.69.